The first-order chi connectivity index (χ1) is 27.0. The molecule has 2 saturated heterocycles. The van der Waals surface area contributed by atoms with Gasteiger partial charge in [0.2, 0.25) is 11.8 Å². The number of pyridine rings is 1. The van der Waals surface area contributed by atoms with Crippen LogP contribution in [0, 0.1) is 6.92 Å². The minimum absolute atomic E-state index is 0.0435. The fraction of sp³-hybridized carbons (Fsp3) is 0.279. The first kappa shape index (κ1) is 37.8. The third kappa shape index (κ3) is 7.71. The predicted molar refractivity (Wildman–Crippen MR) is 212 cm³/mol. The van der Waals surface area contributed by atoms with Crippen LogP contribution >= 0.6 is 0 Å². The second-order valence-corrected chi connectivity index (χ2v) is 14.4. The van der Waals surface area contributed by atoms with Gasteiger partial charge < -0.3 is 29.7 Å². The van der Waals surface area contributed by atoms with Crippen molar-refractivity contribution >= 4 is 34.7 Å². The van der Waals surface area contributed by atoms with Crippen molar-refractivity contribution in [2.75, 3.05) is 26.7 Å². The topological polar surface area (TPSA) is 135 Å². The fourth-order valence-electron chi connectivity index (χ4n) is 7.82. The van der Waals surface area contributed by atoms with Crippen molar-refractivity contribution in [3.63, 3.8) is 0 Å². The van der Waals surface area contributed by atoms with Gasteiger partial charge in [0.25, 0.3) is 5.91 Å². The SMILES string of the molecule is C=CCN1CC(=O)N2[C@@H](Cc3ccc(O)cc3)C(=O)N(Cc3cccc4c(C(=O)N(C)Cc5cccc(C)n5)cn(C)c34)C[C@@H]2N1C(=O)NCc1ccccc1. The lowest BCUT2D eigenvalue weighted by Crippen LogP contribution is -2.76. The van der Waals surface area contributed by atoms with E-state index in [-0.39, 0.29) is 62.6 Å². The lowest BCUT2D eigenvalue weighted by atomic mass is 9.98. The third-order valence-electron chi connectivity index (χ3n) is 10.4. The minimum atomic E-state index is -0.935. The standard InChI is InChI=1S/C43H46N8O5/c1-5-21-49-28-39(53)50-37(22-30-17-19-34(52)20-18-30)42(55)48(27-38(50)51(49)43(56)44-23-31-12-7-6-8-13-31)24-32-14-10-16-35-36(26-46(3)40(32)35)41(54)47(4)25-33-15-9-11-29(2)45-33/h5-20,26,37-38,52H,1,21-25,27-28H2,2-4H3,(H,44,56)/t37-,38-/m0/s1. The molecule has 0 radical (unpaired) electrons. The first-order valence-corrected chi connectivity index (χ1v) is 18.6. The highest BCUT2D eigenvalue weighted by atomic mass is 16.3. The molecular formula is C43H46N8O5. The molecule has 7 rings (SSSR count). The molecule has 4 heterocycles. The Balaban J connectivity index is 1.23. The van der Waals surface area contributed by atoms with Crippen LogP contribution in [0.4, 0.5) is 4.79 Å². The van der Waals surface area contributed by atoms with Crippen LogP contribution in [0.3, 0.4) is 0 Å². The number of piperazine rings is 1. The summed E-state index contributed by atoms with van der Waals surface area (Å²) in [5, 5.41) is 17.0. The van der Waals surface area contributed by atoms with E-state index in [1.807, 2.05) is 91.5 Å². The van der Waals surface area contributed by atoms with E-state index in [0.29, 0.717) is 12.1 Å². The molecule has 0 spiro atoms. The number of phenolic OH excluding ortho intramolecular Hbond substituents is 1. The largest absolute Gasteiger partial charge is 0.508 e. The molecule has 2 fully saturated rings. The van der Waals surface area contributed by atoms with Gasteiger partial charge in [-0.05, 0) is 47.9 Å². The van der Waals surface area contributed by atoms with E-state index in [1.54, 1.807) is 62.1 Å². The summed E-state index contributed by atoms with van der Waals surface area (Å²) in [6.07, 6.45) is 2.80. The highest BCUT2D eigenvalue weighted by Gasteiger charge is 2.51. The van der Waals surface area contributed by atoms with E-state index in [4.69, 9.17) is 0 Å². The van der Waals surface area contributed by atoms with Crippen LogP contribution in [-0.2, 0) is 42.7 Å². The molecule has 13 heteroatoms. The number of hydrogen-bond donors (Lipinski definition) is 2. The number of aryl methyl sites for hydroxylation is 2. The van der Waals surface area contributed by atoms with Crippen LogP contribution in [0.5, 0.6) is 5.75 Å². The molecular weight excluding hydrogens is 709 g/mol. The third-order valence-corrected chi connectivity index (χ3v) is 10.4. The predicted octanol–water partition coefficient (Wildman–Crippen LogP) is 4.60. The van der Waals surface area contributed by atoms with Crippen molar-refractivity contribution in [1.29, 1.82) is 0 Å². The Hall–Kier alpha value is -6.47. The molecule has 288 valence electrons. The maximum Gasteiger partial charge on any atom is 0.334 e. The summed E-state index contributed by atoms with van der Waals surface area (Å²) in [7, 11) is 3.63. The molecule has 3 aromatic carbocycles. The number of hydrogen-bond acceptors (Lipinski definition) is 7. The Morgan fingerprint density at radius 1 is 0.982 bits per heavy atom. The second kappa shape index (κ2) is 16.1. The van der Waals surface area contributed by atoms with Crippen LogP contribution in [0.25, 0.3) is 10.9 Å². The Kier molecular flexibility index (Phi) is 10.9. The number of nitrogens with one attached hydrogen (secondary N) is 1. The molecule has 0 unspecified atom stereocenters. The van der Waals surface area contributed by atoms with Crippen molar-refractivity contribution in [3.05, 3.63) is 143 Å². The van der Waals surface area contributed by atoms with Gasteiger partial charge in [0.05, 0.1) is 36.4 Å². The zero-order chi connectivity index (χ0) is 39.5. The molecule has 2 atom stereocenters. The highest BCUT2D eigenvalue weighted by Crippen LogP contribution is 2.32. The average molecular weight is 755 g/mol. The van der Waals surface area contributed by atoms with E-state index in [0.717, 1.165) is 39.0 Å². The van der Waals surface area contributed by atoms with Crippen molar-refractivity contribution in [3.8, 4) is 5.75 Å². The van der Waals surface area contributed by atoms with Crippen molar-refractivity contribution < 1.29 is 24.3 Å². The van der Waals surface area contributed by atoms with E-state index in [2.05, 4.69) is 16.9 Å². The summed E-state index contributed by atoms with van der Waals surface area (Å²) < 4.78 is 1.91. The number of aromatic nitrogens is 2. The van der Waals surface area contributed by atoms with Crippen molar-refractivity contribution in [2.24, 2.45) is 7.05 Å². The minimum Gasteiger partial charge on any atom is -0.508 e. The average Bonchev–Trinajstić information content (AvgIpc) is 3.53. The smallest absolute Gasteiger partial charge is 0.334 e. The molecule has 2 aromatic heterocycles. The molecule has 5 aromatic rings. The van der Waals surface area contributed by atoms with Gasteiger partial charge >= 0.3 is 6.03 Å². The molecule has 2 aliphatic heterocycles. The van der Waals surface area contributed by atoms with E-state index in [1.165, 1.54) is 0 Å². The van der Waals surface area contributed by atoms with Crippen molar-refractivity contribution in [2.45, 2.75) is 45.2 Å². The monoisotopic (exact) mass is 754 g/mol. The van der Waals surface area contributed by atoms with Gasteiger partial charge in [-0.3, -0.25) is 19.4 Å². The summed E-state index contributed by atoms with van der Waals surface area (Å²) in [5.41, 5.74) is 5.47. The van der Waals surface area contributed by atoms with Gasteiger partial charge in [0, 0.05) is 57.4 Å². The molecule has 5 amide bonds. The zero-order valence-electron chi connectivity index (χ0n) is 31.8. The Morgan fingerprint density at radius 2 is 1.73 bits per heavy atom. The number of carbonyl (C=O) groups is 4. The van der Waals surface area contributed by atoms with Gasteiger partial charge in [-0.1, -0.05) is 72.8 Å². The number of phenols is 1. The summed E-state index contributed by atoms with van der Waals surface area (Å²) in [6.45, 7) is 6.73. The molecule has 0 saturated carbocycles. The quantitative estimate of drug-likeness (QED) is 0.189. The van der Waals surface area contributed by atoms with Crippen LogP contribution in [0.2, 0.25) is 0 Å². The Labute approximate surface area is 326 Å². The molecule has 2 N–H and O–H groups in total. The summed E-state index contributed by atoms with van der Waals surface area (Å²) in [6, 6.07) is 26.2. The number of hydrazine groups is 1. The number of rotatable bonds is 11. The number of nitrogens with zero attached hydrogens (tertiary/aromatic N) is 7. The number of urea groups is 1. The number of carbonyl (C=O) groups excluding carboxylic acids is 4. The number of para-hydroxylation sites is 1. The summed E-state index contributed by atoms with van der Waals surface area (Å²) >= 11 is 0. The Morgan fingerprint density at radius 3 is 2.46 bits per heavy atom. The van der Waals surface area contributed by atoms with E-state index >= 15 is 0 Å². The van der Waals surface area contributed by atoms with E-state index in [9.17, 15) is 24.3 Å². The Bertz CT molecular complexity index is 2270. The number of fused-ring (bicyclic) bond motifs is 2. The first-order valence-electron chi connectivity index (χ1n) is 18.6. The molecule has 13 nitrogen and oxygen atoms in total. The number of amides is 5. The van der Waals surface area contributed by atoms with E-state index < -0.39 is 18.2 Å². The van der Waals surface area contributed by atoms with Crippen LogP contribution < -0.4 is 5.32 Å². The fourth-order valence-corrected chi connectivity index (χ4v) is 7.82. The summed E-state index contributed by atoms with van der Waals surface area (Å²) in [5.74, 6) is -0.615. The lowest BCUT2D eigenvalue weighted by Gasteiger charge is -2.55. The maximum absolute atomic E-state index is 14.7. The second-order valence-electron chi connectivity index (χ2n) is 14.4. The zero-order valence-corrected chi connectivity index (χ0v) is 31.8. The van der Waals surface area contributed by atoms with Gasteiger partial charge in [-0.2, -0.15) is 0 Å². The lowest BCUT2D eigenvalue weighted by molar-refractivity contribution is -0.189. The molecule has 0 bridgehead atoms. The molecule has 2 aliphatic rings. The molecule has 56 heavy (non-hydrogen) atoms. The van der Waals surface area contributed by atoms with Gasteiger partial charge in [0.15, 0.2) is 0 Å². The molecule has 0 aliphatic carbocycles. The normalized spacial score (nSPS) is 17.2. The van der Waals surface area contributed by atoms with Crippen LogP contribution in [0.15, 0.2) is 110 Å². The number of benzene rings is 3. The van der Waals surface area contributed by atoms with Crippen molar-refractivity contribution in [1.82, 2.24) is 39.6 Å². The van der Waals surface area contributed by atoms with Crippen LogP contribution in [-0.4, -0.2) is 102 Å². The highest BCUT2D eigenvalue weighted by molar-refractivity contribution is 6.07. The van der Waals surface area contributed by atoms with Gasteiger partial charge in [-0.25, -0.2) is 14.8 Å². The van der Waals surface area contributed by atoms with Crippen LogP contribution in [0.1, 0.15) is 38.4 Å². The number of aromatic hydroxyl groups is 1. The maximum atomic E-state index is 14.7. The summed E-state index contributed by atoms with van der Waals surface area (Å²) in [4.78, 5) is 66.2. The van der Waals surface area contributed by atoms with Gasteiger partial charge in [-0.15, -0.1) is 6.58 Å². The van der Waals surface area contributed by atoms with Gasteiger partial charge in [0.1, 0.15) is 18.0 Å².